The number of rotatable bonds is 4. The zero-order chi connectivity index (χ0) is 15.3. The van der Waals surface area contributed by atoms with Crippen LogP contribution in [0.3, 0.4) is 0 Å². The molecule has 0 aromatic heterocycles. The fourth-order valence-electron chi connectivity index (χ4n) is 3.31. The van der Waals surface area contributed by atoms with Gasteiger partial charge in [-0.05, 0) is 43.2 Å². The average Bonchev–Trinajstić information content (AvgIpc) is 3.40. The van der Waals surface area contributed by atoms with Crippen LogP contribution in [0.15, 0.2) is 24.3 Å². The van der Waals surface area contributed by atoms with Gasteiger partial charge in [-0.3, -0.25) is 9.59 Å². The lowest BCUT2D eigenvalue weighted by molar-refractivity contribution is -0.137. The maximum atomic E-state index is 12.6. The Balaban J connectivity index is 1.43. The van der Waals surface area contributed by atoms with Crippen LogP contribution < -0.4 is 16.4 Å². The van der Waals surface area contributed by atoms with E-state index in [0.29, 0.717) is 12.8 Å². The Bertz CT molecular complexity index is 635. The van der Waals surface area contributed by atoms with Crippen LogP contribution >= 0.6 is 0 Å². The molecule has 116 valence electrons. The van der Waals surface area contributed by atoms with Crippen LogP contribution in [0.4, 0.5) is 0 Å². The molecular weight excluding hydrogens is 278 g/mol. The van der Waals surface area contributed by atoms with Gasteiger partial charge in [-0.1, -0.05) is 24.3 Å². The largest absolute Gasteiger partial charge is 0.352 e. The molecule has 0 unspecified atom stereocenters. The minimum absolute atomic E-state index is 0.100. The Morgan fingerprint density at radius 3 is 2.41 bits per heavy atom. The van der Waals surface area contributed by atoms with Gasteiger partial charge in [0.15, 0.2) is 0 Å². The summed E-state index contributed by atoms with van der Waals surface area (Å²) in [5.41, 5.74) is 7.70. The van der Waals surface area contributed by atoms with Crippen LogP contribution in [0.2, 0.25) is 0 Å². The van der Waals surface area contributed by atoms with Gasteiger partial charge in [0, 0.05) is 6.04 Å². The fourth-order valence-corrected chi connectivity index (χ4v) is 3.31. The summed E-state index contributed by atoms with van der Waals surface area (Å²) in [5, 5.41) is 5.99. The van der Waals surface area contributed by atoms with E-state index in [9.17, 15) is 9.59 Å². The first-order valence-electron chi connectivity index (χ1n) is 8.05. The monoisotopic (exact) mass is 299 g/mol. The molecule has 5 nitrogen and oxygen atoms in total. The third kappa shape index (κ3) is 2.20. The number of carbonyl (C=O) groups excluding carboxylic acids is 2. The molecule has 2 saturated carbocycles. The van der Waals surface area contributed by atoms with Gasteiger partial charge in [0.05, 0.1) is 12.1 Å². The molecule has 5 heteroatoms. The van der Waals surface area contributed by atoms with Crippen molar-refractivity contribution in [2.75, 3.05) is 0 Å². The summed E-state index contributed by atoms with van der Waals surface area (Å²) < 4.78 is 0. The molecule has 0 saturated heterocycles. The van der Waals surface area contributed by atoms with Crippen LogP contribution in [-0.4, -0.2) is 23.9 Å². The van der Waals surface area contributed by atoms with Gasteiger partial charge >= 0.3 is 0 Å². The molecule has 1 aromatic rings. The van der Waals surface area contributed by atoms with E-state index < -0.39 is 5.41 Å². The molecule has 0 aliphatic heterocycles. The summed E-state index contributed by atoms with van der Waals surface area (Å²) in [5.74, 6) is -0.254. The SMILES string of the molecule is N[C@@H]1c2ccccc2C[C@H]1NC(=O)C1(C(=O)NC2CC2)CC1. The number of fused-ring (bicyclic) bond motifs is 1. The number of hydrogen-bond acceptors (Lipinski definition) is 3. The Morgan fingerprint density at radius 1 is 1.09 bits per heavy atom. The van der Waals surface area contributed by atoms with Gasteiger partial charge in [-0.2, -0.15) is 0 Å². The summed E-state index contributed by atoms with van der Waals surface area (Å²) in [7, 11) is 0. The number of benzene rings is 1. The topological polar surface area (TPSA) is 84.2 Å². The standard InChI is InChI=1S/C17H21N3O2/c18-14-12-4-2-1-3-10(12)9-13(14)20-16(22)17(7-8-17)15(21)19-11-5-6-11/h1-4,11,13-14H,5-9,18H2,(H,19,21)(H,20,22)/t13-,14-/m1/s1. The summed E-state index contributed by atoms with van der Waals surface area (Å²) in [6.07, 6.45) is 4.10. The molecule has 22 heavy (non-hydrogen) atoms. The van der Waals surface area contributed by atoms with Crippen LogP contribution in [0.1, 0.15) is 42.9 Å². The first-order valence-corrected chi connectivity index (χ1v) is 8.05. The van der Waals surface area contributed by atoms with Crippen molar-refractivity contribution in [1.82, 2.24) is 10.6 Å². The third-order valence-electron chi connectivity index (χ3n) is 5.14. The molecule has 0 radical (unpaired) electrons. The van der Waals surface area contributed by atoms with E-state index in [1.165, 1.54) is 5.56 Å². The maximum Gasteiger partial charge on any atom is 0.235 e. The van der Waals surface area contributed by atoms with E-state index in [1.807, 2.05) is 24.3 Å². The second-order valence-corrected chi connectivity index (χ2v) is 6.84. The van der Waals surface area contributed by atoms with E-state index in [-0.39, 0.29) is 29.9 Å². The molecule has 2 fully saturated rings. The van der Waals surface area contributed by atoms with Crippen molar-refractivity contribution in [2.45, 2.75) is 50.2 Å². The molecule has 3 aliphatic rings. The van der Waals surface area contributed by atoms with E-state index in [0.717, 1.165) is 24.8 Å². The molecule has 1 aromatic carbocycles. The summed E-state index contributed by atoms with van der Waals surface area (Å²) in [6, 6.07) is 8.00. The van der Waals surface area contributed by atoms with Crippen molar-refractivity contribution in [3.63, 3.8) is 0 Å². The van der Waals surface area contributed by atoms with Gasteiger partial charge in [-0.15, -0.1) is 0 Å². The molecule has 2 amide bonds. The second kappa shape index (κ2) is 4.81. The second-order valence-electron chi connectivity index (χ2n) is 6.84. The Labute approximate surface area is 129 Å². The number of amides is 2. The summed E-state index contributed by atoms with van der Waals surface area (Å²) >= 11 is 0. The normalized spacial score (nSPS) is 27.9. The molecule has 0 spiro atoms. The fraction of sp³-hybridized carbons (Fsp3) is 0.529. The lowest BCUT2D eigenvalue weighted by Crippen LogP contribution is -2.49. The predicted molar refractivity (Wildman–Crippen MR) is 81.8 cm³/mol. The lowest BCUT2D eigenvalue weighted by Gasteiger charge is -2.22. The molecule has 0 bridgehead atoms. The highest BCUT2D eigenvalue weighted by Crippen LogP contribution is 2.47. The molecule has 3 aliphatic carbocycles. The third-order valence-corrected chi connectivity index (χ3v) is 5.14. The van der Waals surface area contributed by atoms with Gasteiger partial charge < -0.3 is 16.4 Å². The van der Waals surface area contributed by atoms with Gasteiger partial charge in [-0.25, -0.2) is 0 Å². The maximum absolute atomic E-state index is 12.6. The van der Waals surface area contributed by atoms with E-state index in [2.05, 4.69) is 10.6 Å². The Hall–Kier alpha value is -1.88. The molecule has 0 heterocycles. The minimum atomic E-state index is -0.836. The molecule has 4 rings (SSSR count). The first kappa shape index (κ1) is 13.8. The average molecular weight is 299 g/mol. The van der Waals surface area contributed by atoms with Crippen molar-refractivity contribution in [3.05, 3.63) is 35.4 Å². The van der Waals surface area contributed by atoms with E-state index in [1.54, 1.807) is 0 Å². The van der Waals surface area contributed by atoms with Crippen molar-refractivity contribution < 1.29 is 9.59 Å². The summed E-state index contributed by atoms with van der Waals surface area (Å²) in [6.45, 7) is 0. The van der Waals surface area contributed by atoms with Gasteiger partial charge in [0.2, 0.25) is 11.8 Å². The van der Waals surface area contributed by atoms with Gasteiger partial charge in [0.1, 0.15) is 5.41 Å². The van der Waals surface area contributed by atoms with Crippen LogP contribution in [0, 0.1) is 5.41 Å². The Morgan fingerprint density at radius 2 is 1.77 bits per heavy atom. The van der Waals surface area contributed by atoms with E-state index in [4.69, 9.17) is 5.73 Å². The van der Waals surface area contributed by atoms with Crippen LogP contribution in [-0.2, 0) is 16.0 Å². The minimum Gasteiger partial charge on any atom is -0.352 e. The number of nitrogens with two attached hydrogens (primary N) is 1. The van der Waals surface area contributed by atoms with Crippen molar-refractivity contribution in [3.8, 4) is 0 Å². The highest BCUT2D eigenvalue weighted by molar-refractivity contribution is 6.08. The summed E-state index contributed by atoms with van der Waals surface area (Å²) in [4.78, 5) is 24.9. The predicted octanol–water partition coefficient (Wildman–Crippen LogP) is 0.786. The van der Waals surface area contributed by atoms with Crippen molar-refractivity contribution >= 4 is 11.8 Å². The Kier molecular flexibility index (Phi) is 3.01. The van der Waals surface area contributed by atoms with E-state index >= 15 is 0 Å². The molecule has 2 atom stereocenters. The van der Waals surface area contributed by atoms with Crippen molar-refractivity contribution in [1.29, 1.82) is 0 Å². The number of hydrogen-bond donors (Lipinski definition) is 3. The zero-order valence-electron chi connectivity index (χ0n) is 12.5. The number of nitrogens with one attached hydrogen (secondary N) is 2. The zero-order valence-corrected chi connectivity index (χ0v) is 12.5. The smallest absolute Gasteiger partial charge is 0.235 e. The quantitative estimate of drug-likeness (QED) is 0.719. The van der Waals surface area contributed by atoms with Crippen molar-refractivity contribution in [2.24, 2.45) is 11.1 Å². The highest BCUT2D eigenvalue weighted by Gasteiger charge is 2.57. The molecular formula is C17H21N3O2. The number of carbonyl (C=O) groups is 2. The van der Waals surface area contributed by atoms with Crippen LogP contribution in [0.5, 0.6) is 0 Å². The van der Waals surface area contributed by atoms with Crippen LogP contribution in [0.25, 0.3) is 0 Å². The van der Waals surface area contributed by atoms with Gasteiger partial charge in [0.25, 0.3) is 0 Å². The first-order chi connectivity index (χ1) is 10.6. The lowest BCUT2D eigenvalue weighted by atomic mass is 10.0. The highest BCUT2D eigenvalue weighted by atomic mass is 16.2. The molecule has 4 N–H and O–H groups in total.